The minimum atomic E-state index is -0.632. The first-order valence-electron chi connectivity index (χ1n) is 7.41. The monoisotopic (exact) mass is 332 g/mol. The first-order valence-corrected chi connectivity index (χ1v) is 8.23. The fourth-order valence-electron chi connectivity index (χ4n) is 2.16. The van der Waals surface area contributed by atoms with Crippen LogP contribution in [0.2, 0.25) is 0 Å². The molecular formula is C17H20N2O3S. The van der Waals surface area contributed by atoms with Crippen LogP contribution in [-0.4, -0.2) is 30.0 Å². The Balaban J connectivity index is 2.03. The number of carbonyl (C=O) groups is 2. The van der Waals surface area contributed by atoms with Crippen LogP contribution >= 0.6 is 11.3 Å². The number of methoxy groups -OCH3 is 1. The number of hydrogen-bond acceptors (Lipinski definition) is 5. The van der Waals surface area contributed by atoms with E-state index >= 15 is 0 Å². The van der Waals surface area contributed by atoms with Gasteiger partial charge in [-0.25, -0.2) is 9.78 Å². The molecule has 0 saturated carbocycles. The fourth-order valence-corrected chi connectivity index (χ4v) is 3.03. The molecule has 1 atom stereocenters. The summed E-state index contributed by atoms with van der Waals surface area (Å²) in [6, 6.07) is 7.16. The molecule has 1 heterocycles. The van der Waals surface area contributed by atoms with Gasteiger partial charge in [0, 0.05) is 6.08 Å². The number of hydrogen-bond donors (Lipinski definition) is 1. The van der Waals surface area contributed by atoms with Gasteiger partial charge in [0.25, 0.3) is 0 Å². The molecule has 0 saturated heterocycles. The molecule has 23 heavy (non-hydrogen) atoms. The fraction of sp³-hybridized carbons (Fsp3) is 0.353. The van der Waals surface area contributed by atoms with Crippen LogP contribution in [0.3, 0.4) is 0 Å². The molecule has 6 heteroatoms. The maximum absolute atomic E-state index is 12.0. The lowest BCUT2D eigenvalue weighted by Crippen LogP contribution is -2.41. The highest BCUT2D eigenvalue weighted by molar-refractivity contribution is 7.19. The molecule has 0 spiro atoms. The van der Waals surface area contributed by atoms with Crippen molar-refractivity contribution in [1.82, 2.24) is 10.3 Å². The summed E-state index contributed by atoms with van der Waals surface area (Å²) in [6.45, 7) is 3.97. The smallest absolute Gasteiger partial charge is 0.328 e. The van der Waals surface area contributed by atoms with Crippen molar-refractivity contribution >= 4 is 39.5 Å². The van der Waals surface area contributed by atoms with Crippen LogP contribution < -0.4 is 5.32 Å². The molecule has 0 aliphatic rings. The molecule has 1 N–H and O–H groups in total. The first kappa shape index (κ1) is 17.1. The van der Waals surface area contributed by atoms with Crippen molar-refractivity contribution in [3.8, 4) is 0 Å². The van der Waals surface area contributed by atoms with E-state index in [0.717, 1.165) is 15.2 Å². The van der Waals surface area contributed by atoms with Gasteiger partial charge in [0.2, 0.25) is 5.91 Å². The van der Waals surface area contributed by atoms with Crippen molar-refractivity contribution in [3.05, 3.63) is 35.3 Å². The Morgan fingerprint density at radius 3 is 2.74 bits per heavy atom. The van der Waals surface area contributed by atoms with Gasteiger partial charge < -0.3 is 10.1 Å². The van der Waals surface area contributed by atoms with E-state index in [4.69, 9.17) is 4.74 Å². The van der Waals surface area contributed by atoms with E-state index in [0.29, 0.717) is 6.42 Å². The van der Waals surface area contributed by atoms with Gasteiger partial charge in [-0.3, -0.25) is 4.79 Å². The predicted octanol–water partition coefficient (Wildman–Crippen LogP) is 3.01. The quantitative estimate of drug-likeness (QED) is 0.652. The summed E-state index contributed by atoms with van der Waals surface area (Å²) in [7, 11) is 1.32. The van der Waals surface area contributed by atoms with Crippen LogP contribution in [0.15, 0.2) is 30.3 Å². The minimum Gasteiger partial charge on any atom is -0.467 e. The van der Waals surface area contributed by atoms with Crippen LogP contribution in [0, 0.1) is 5.92 Å². The van der Waals surface area contributed by atoms with Gasteiger partial charge >= 0.3 is 5.97 Å². The number of para-hydroxylation sites is 1. The molecule has 0 fully saturated rings. The molecule has 1 amide bonds. The first-order chi connectivity index (χ1) is 11.0. The van der Waals surface area contributed by atoms with Crippen molar-refractivity contribution < 1.29 is 14.3 Å². The van der Waals surface area contributed by atoms with Crippen LogP contribution in [0.1, 0.15) is 25.3 Å². The zero-order valence-electron chi connectivity index (χ0n) is 13.4. The van der Waals surface area contributed by atoms with Crippen LogP contribution in [-0.2, 0) is 14.3 Å². The highest BCUT2D eigenvalue weighted by atomic mass is 32.1. The molecule has 0 bridgehead atoms. The summed E-state index contributed by atoms with van der Waals surface area (Å²) in [6.07, 6.45) is 3.59. The normalized spacial score (nSPS) is 12.7. The summed E-state index contributed by atoms with van der Waals surface area (Å²) in [5.74, 6) is -0.492. The topological polar surface area (TPSA) is 68.3 Å². The molecular weight excluding hydrogens is 312 g/mol. The Morgan fingerprint density at radius 1 is 1.35 bits per heavy atom. The van der Waals surface area contributed by atoms with E-state index in [9.17, 15) is 9.59 Å². The number of aromatic nitrogens is 1. The third-order valence-electron chi connectivity index (χ3n) is 3.20. The van der Waals surface area contributed by atoms with Crippen molar-refractivity contribution in [2.45, 2.75) is 26.3 Å². The van der Waals surface area contributed by atoms with Gasteiger partial charge in [-0.15, -0.1) is 11.3 Å². The number of rotatable bonds is 6. The molecule has 1 aromatic heterocycles. The van der Waals surface area contributed by atoms with Crippen molar-refractivity contribution in [1.29, 1.82) is 0 Å². The average molecular weight is 332 g/mol. The number of benzene rings is 1. The Morgan fingerprint density at radius 2 is 2.09 bits per heavy atom. The number of amides is 1. The Bertz CT molecular complexity index is 688. The number of fused-ring (bicyclic) bond motifs is 1. The van der Waals surface area contributed by atoms with Gasteiger partial charge in [-0.2, -0.15) is 0 Å². The lowest BCUT2D eigenvalue weighted by molar-refractivity contribution is -0.145. The van der Waals surface area contributed by atoms with Crippen LogP contribution in [0.5, 0.6) is 0 Å². The summed E-state index contributed by atoms with van der Waals surface area (Å²) in [5.41, 5.74) is 0.907. The summed E-state index contributed by atoms with van der Waals surface area (Å²) >= 11 is 1.51. The van der Waals surface area contributed by atoms with Gasteiger partial charge in [-0.05, 0) is 30.5 Å². The average Bonchev–Trinajstić information content (AvgIpc) is 2.94. The zero-order valence-corrected chi connectivity index (χ0v) is 14.2. The molecule has 5 nitrogen and oxygen atoms in total. The second-order valence-corrected chi connectivity index (χ2v) is 6.63. The van der Waals surface area contributed by atoms with Crippen molar-refractivity contribution in [2.24, 2.45) is 5.92 Å². The molecule has 1 aromatic carbocycles. The Labute approximate surface area is 139 Å². The van der Waals surface area contributed by atoms with E-state index in [-0.39, 0.29) is 11.8 Å². The standard InChI is InChI=1S/C17H20N2O3S/c1-11(2)10-13(17(21)22-3)18-15(20)8-9-16-19-12-6-4-5-7-14(12)23-16/h4-9,11,13H,10H2,1-3H3,(H,18,20). The molecule has 0 aliphatic heterocycles. The van der Waals surface area contributed by atoms with Crippen molar-refractivity contribution in [3.63, 3.8) is 0 Å². The van der Waals surface area contributed by atoms with E-state index < -0.39 is 12.0 Å². The van der Waals surface area contributed by atoms with Crippen LogP contribution in [0.25, 0.3) is 16.3 Å². The van der Waals surface area contributed by atoms with E-state index in [1.807, 2.05) is 38.1 Å². The zero-order chi connectivity index (χ0) is 16.8. The highest BCUT2D eigenvalue weighted by Crippen LogP contribution is 2.22. The lowest BCUT2D eigenvalue weighted by atomic mass is 10.0. The minimum absolute atomic E-state index is 0.271. The number of carbonyl (C=O) groups excluding carboxylic acids is 2. The van der Waals surface area contributed by atoms with Gasteiger partial charge in [0.05, 0.1) is 17.3 Å². The third kappa shape index (κ3) is 4.89. The number of thiazole rings is 1. The number of nitrogens with one attached hydrogen (secondary N) is 1. The lowest BCUT2D eigenvalue weighted by Gasteiger charge is -2.17. The summed E-state index contributed by atoms with van der Waals surface area (Å²) in [4.78, 5) is 28.1. The largest absolute Gasteiger partial charge is 0.467 e. The maximum atomic E-state index is 12.0. The number of nitrogens with zero attached hydrogens (tertiary/aromatic N) is 1. The van der Waals surface area contributed by atoms with Gasteiger partial charge in [-0.1, -0.05) is 26.0 Å². The Hall–Kier alpha value is -2.21. The van der Waals surface area contributed by atoms with Gasteiger partial charge in [0.1, 0.15) is 11.0 Å². The van der Waals surface area contributed by atoms with E-state index in [2.05, 4.69) is 10.3 Å². The second kappa shape index (κ2) is 7.87. The van der Waals surface area contributed by atoms with Gasteiger partial charge in [0.15, 0.2) is 0 Å². The van der Waals surface area contributed by atoms with E-state index in [1.54, 1.807) is 6.08 Å². The molecule has 122 valence electrons. The second-order valence-electron chi connectivity index (χ2n) is 5.57. The SMILES string of the molecule is COC(=O)C(CC(C)C)NC(=O)C=Cc1nc2ccccc2s1. The predicted molar refractivity (Wildman–Crippen MR) is 92.1 cm³/mol. The van der Waals surface area contributed by atoms with Crippen molar-refractivity contribution in [2.75, 3.05) is 7.11 Å². The van der Waals surface area contributed by atoms with Crippen LogP contribution in [0.4, 0.5) is 0 Å². The number of esters is 1. The van der Waals surface area contributed by atoms with E-state index in [1.165, 1.54) is 24.5 Å². The highest BCUT2D eigenvalue weighted by Gasteiger charge is 2.21. The third-order valence-corrected chi connectivity index (χ3v) is 4.20. The summed E-state index contributed by atoms with van der Waals surface area (Å²) < 4.78 is 5.80. The molecule has 0 radical (unpaired) electrons. The maximum Gasteiger partial charge on any atom is 0.328 e. The molecule has 2 aromatic rings. The molecule has 2 rings (SSSR count). The Kier molecular flexibility index (Phi) is 5.87. The molecule has 0 aliphatic carbocycles. The number of ether oxygens (including phenoxy) is 1. The summed E-state index contributed by atoms with van der Waals surface area (Å²) in [5, 5.41) is 3.43. The molecule has 1 unspecified atom stereocenters.